The number of hydrogen-bond donors (Lipinski definition) is 2. The Morgan fingerprint density at radius 1 is 1.26 bits per heavy atom. The van der Waals surface area contributed by atoms with Crippen molar-refractivity contribution in [1.82, 2.24) is 10.6 Å². The van der Waals surface area contributed by atoms with E-state index in [0.717, 1.165) is 16.9 Å². The summed E-state index contributed by atoms with van der Waals surface area (Å²) in [6.45, 7) is 7.66. The Morgan fingerprint density at radius 3 is 2.81 bits per heavy atom. The third-order valence-corrected chi connectivity index (χ3v) is 3.66. The van der Waals surface area contributed by atoms with E-state index in [9.17, 15) is 10.1 Å². The van der Waals surface area contributed by atoms with Gasteiger partial charge in [-0.1, -0.05) is 43.0 Å². The topological polar surface area (TPSA) is 88.8 Å². The summed E-state index contributed by atoms with van der Waals surface area (Å²) in [6.07, 6.45) is 1.70. The molecule has 0 heterocycles. The molecule has 0 bridgehead atoms. The quantitative estimate of drug-likeness (QED) is 0.233. The second-order valence-electron chi connectivity index (χ2n) is 5.68. The number of hydrogen-bond acceptors (Lipinski definition) is 4. The van der Waals surface area contributed by atoms with Crippen LogP contribution in [-0.4, -0.2) is 24.0 Å². The number of non-ortho nitro benzene ring substituents is 1. The highest BCUT2D eigenvalue weighted by atomic mass is 16.6. The number of para-hydroxylation sites is 1. The van der Waals surface area contributed by atoms with Gasteiger partial charge >= 0.3 is 0 Å². The maximum atomic E-state index is 10.9. The van der Waals surface area contributed by atoms with Crippen molar-refractivity contribution < 1.29 is 9.66 Å². The first-order chi connectivity index (χ1) is 13.1. The molecule has 0 unspecified atom stereocenters. The van der Waals surface area contributed by atoms with Gasteiger partial charge in [-0.05, 0) is 18.6 Å². The van der Waals surface area contributed by atoms with Crippen LogP contribution in [0.2, 0.25) is 0 Å². The molecule has 0 aliphatic rings. The fraction of sp³-hybridized carbons (Fsp3) is 0.250. The summed E-state index contributed by atoms with van der Waals surface area (Å²) in [4.78, 5) is 15.0. The average molecular weight is 368 g/mol. The van der Waals surface area contributed by atoms with Crippen molar-refractivity contribution in [3.05, 3.63) is 82.4 Å². The molecule has 0 atom stereocenters. The number of nitro benzene ring substituents is 1. The summed E-state index contributed by atoms with van der Waals surface area (Å²) >= 11 is 0. The van der Waals surface area contributed by atoms with E-state index in [1.54, 1.807) is 12.1 Å². The molecule has 2 rings (SSSR count). The van der Waals surface area contributed by atoms with Gasteiger partial charge < -0.3 is 15.4 Å². The van der Waals surface area contributed by atoms with E-state index in [1.165, 1.54) is 12.1 Å². The molecule has 142 valence electrons. The lowest BCUT2D eigenvalue weighted by atomic mass is 10.2. The van der Waals surface area contributed by atoms with E-state index in [0.29, 0.717) is 32.2 Å². The number of guanidine groups is 1. The van der Waals surface area contributed by atoms with Crippen LogP contribution in [0.5, 0.6) is 5.75 Å². The van der Waals surface area contributed by atoms with Gasteiger partial charge in [-0.3, -0.25) is 10.1 Å². The summed E-state index contributed by atoms with van der Waals surface area (Å²) in [5.41, 5.74) is 1.84. The van der Waals surface area contributed by atoms with Crippen LogP contribution in [0.4, 0.5) is 5.69 Å². The van der Waals surface area contributed by atoms with Crippen LogP contribution in [0.3, 0.4) is 0 Å². The molecule has 27 heavy (non-hydrogen) atoms. The van der Waals surface area contributed by atoms with Crippen molar-refractivity contribution in [3.63, 3.8) is 0 Å². The van der Waals surface area contributed by atoms with Gasteiger partial charge in [0.1, 0.15) is 12.4 Å². The van der Waals surface area contributed by atoms with Crippen LogP contribution < -0.4 is 15.4 Å². The smallest absolute Gasteiger partial charge is 0.269 e. The molecule has 0 saturated carbocycles. The van der Waals surface area contributed by atoms with E-state index >= 15 is 0 Å². The number of aliphatic imine (C=N–C) groups is 1. The van der Waals surface area contributed by atoms with Gasteiger partial charge in [-0.25, -0.2) is 4.99 Å². The highest BCUT2D eigenvalue weighted by Crippen LogP contribution is 2.17. The van der Waals surface area contributed by atoms with Crippen molar-refractivity contribution in [2.75, 3.05) is 13.2 Å². The molecule has 2 aromatic rings. The van der Waals surface area contributed by atoms with Crippen molar-refractivity contribution in [1.29, 1.82) is 0 Å². The molecule has 0 aliphatic carbocycles. The monoisotopic (exact) mass is 368 g/mol. The average Bonchev–Trinajstić information content (AvgIpc) is 2.69. The minimum Gasteiger partial charge on any atom is -0.489 e. The van der Waals surface area contributed by atoms with Crippen molar-refractivity contribution in [2.24, 2.45) is 4.99 Å². The summed E-state index contributed by atoms with van der Waals surface area (Å²) in [5, 5.41) is 17.3. The SMILES string of the molecule is C=CCOc1ccccc1CNC(=NCc1cccc([N+](=O)[O-])c1)NCC. The largest absolute Gasteiger partial charge is 0.489 e. The molecule has 2 N–H and O–H groups in total. The van der Waals surface area contributed by atoms with Crippen LogP contribution in [-0.2, 0) is 13.1 Å². The van der Waals surface area contributed by atoms with Crippen LogP contribution in [0.25, 0.3) is 0 Å². The zero-order valence-electron chi connectivity index (χ0n) is 15.4. The number of nitrogens with one attached hydrogen (secondary N) is 2. The Morgan fingerprint density at radius 2 is 2.07 bits per heavy atom. The highest BCUT2D eigenvalue weighted by molar-refractivity contribution is 5.79. The van der Waals surface area contributed by atoms with Crippen LogP contribution in [0.15, 0.2) is 66.2 Å². The third kappa shape index (κ3) is 6.47. The number of nitro groups is 1. The minimum atomic E-state index is -0.406. The summed E-state index contributed by atoms with van der Waals surface area (Å²) in [6, 6.07) is 14.2. The van der Waals surface area contributed by atoms with Gasteiger partial charge in [0, 0.05) is 30.8 Å². The van der Waals surface area contributed by atoms with Crippen LogP contribution in [0.1, 0.15) is 18.1 Å². The Labute approximate surface area is 158 Å². The number of rotatable bonds is 9. The molecule has 0 amide bonds. The second kappa shape index (κ2) is 10.6. The molecule has 7 nitrogen and oxygen atoms in total. The molecule has 0 aromatic heterocycles. The van der Waals surface area contributed by atoms with E-state index < -0.39 is 4.92 Å². The van der Waals surface area contributed by atoms with Crippen molar-refractivity contribution in [3.8, 4) is 5.75 Å². The third-order valence-electron chi connectivity index (χ3n) is 3.66. The number of benzene rings is 2. The second-order valence-corrected chi connectivity index (χ2v) is 5.68. The van der Waals surface area contributed by atoms with Crippen LogP contribution >= 0.6 is 0 Å². The standard InChI is InChI=1S/C20H24N4O3/c1-3-12-27-19-11-6-5-9-17(19)15-23-20(21-4-2)22-14-16-8-7-10-18(13-16)24(25)26/h3,5-11,13H,1,4,12,14-15H2,2H3,(H2,21,22,23). The predicted molar refractivity (Wildman–Crippen MR) is 107 cm³/mol. The Kier molecular flexibility index (Phi) is 7.84. The lowest BCUT2D eigenvalue weighted by Gasteiger charge is -2.14. The molecule has 0 radical (unpaired) electrons. The molecule has 0 spiro atoms. The first kappa shape index (κ1) is 20.0. The fourth-order valence-corrected chi connectivity index (χ4v) is 2.40. The fourth-order valence-electron chi connectivity index (χ4n) is 2.40. The van der Waals surface area contributed by atoms with E-state index in [-0.39, 0.29) is 5.69 Å². The Bertz CT molecular complexity index is 805. The highest BCUT2D eigenvalue weighted by Gasteiger charge is 2.07. The summed E-state index contributed by atoms with van der Waals surface area (Å²) < 4.78 is 5.66. The lowest BCUT2D eigenvalue weighted by Crippen LogP contribution is -2.36. The Balaban J connectivity index is 2.05. The van der Waals surface area contributed by atoms with Crippen molar-refractivity contribution in [2.45, 2.75) is 20.0 Å². The lowest BCUT2D eigenvalue weighted by molar-refractivity contribution is -0.384. The molecule has 7 heteroatoms. The predicted octanol–water partition coefficient (Wildman–Crippen LogP) is 3.41. The summed E-state index contributed by atoms with van der Waals surface area (Å²) in [7, 11) is 0. The van der Waals surface area contributed by atoms with Gasteiger partial charge in [-0.15, -0.1) is 0 Å². The first-order valence-corrected chi connectivity index (χ1v) is 8.71. The molecular formula is C20H24N4O3. The van der Waals surface area contributed by atoms with Gasteiger partial charge in [0.2, 0.25) is 0 Å². The van der Waals surface area contributed by atoms with Crippen molar-refractivity contribution >= 4 is 11.6 Å². The molecule has 0 aliphatic heterocycles. The zero-order valence-corrected chi connectivity index (χ0v) is 15.4. The first-order valence-electron chi connectivity index (χ1n) is 8.71. The van der Waals surface area contributed by atoms with Gasteiger partial charge in [0.25, 0.3) is 5.69 Å². The molecular weight excluding hydrogens is 344 g/mol. The maximum Gasteiger partial charge on any atom is 0.269 e. The van der Waals surface area contributed by atoms with E-state index in [2.05, 4.69) is 22.2 Å². The molecule has 0 fully saturated rings. The Hall–Kier alpha value is -3.35. The maximum absolute atomic E-state index is 10.9. The van der Waals surface area contributed by atoms with Gasteiger partial charge in [0.05, 0.1) is 11.5 Å². The zero-order chi connectivity index (χ0) is 19.5. The van der Waals surface area contributed by atoms with Gasteiger partial charge in [-0.2, -0.15) is 0 Å². The number of nitrogens with zero attached hydrogens (tertiary/aromatic N) is 2. The van der Waals surface area contributed by atoms with Crippen LogP contribution in [0, 0.1) is 10.1 Å². The minimum absolute atomic E-state index is 0.0638. The normalized spacial score (nSPS) is 10.9. The van der Waals surface area contributed by atoms with E-state index in [1.807, 2.05) is 37.3 Å². The number of ether oxygens (including phenoxy) is 1. The molecule has 0 saturated heterocycles. The van der Waals surface area contributed by atoms with E-state index in [4.69, 9.17) is 4.74 Å². The molecule has 2 aromatic carbocycles. The van der Waals surface area contributed by atoms with Gasteiger partial charge in [0.15, 0.2) is 5.96 Å². The summed E-state index contributed by atoms with van der Waals surface area (Å²) in [5.74, 6) is 1.42.